The predicted molar refractivity (Wildman–Crippen MR) is 83.3 cm³/mol. The Morgan fingerprint density at radius 1 is 1.62 bits per heavy atom. The lowest BCUT2D eigenvalue weighted by Crippen LogP contribution is -2.46. The summed E-state index contributed by atoms with van der Waals surface area (Å²) in [5.41, 5.74) is -0.179. The second kappa shape index (κ2) is 6.85. The predicted octanol–water partition coefficient (Wildman–Crippen LogP) is 2.71. The molecule has 0 aromatic heterocycles. The molecule has 2 rings (SSSR count). The van der Waals surface area contributed by atoms with E-state index in [1.807, 2.05) is 0 Å². The van der Waals surface area contributed by atoms with E-state index in [1.165, 1.54) is 12.1 Å². The number of halogens is 2. The van der Waals surface area contributed by atoms with E-state index in [9.17, 15) is 14.3 Å². The number of rotatable bonds is 4. The van der Waals surface area contributed by atoms with E-state index < -0.39 is 11.4 Å². The minimum absolute atomic E-state index is 0.218. The van der Waals surface area contributed by atoms with Crippen molar-refractivity contribution in [1.29, 1.82) is 0 Å². The van der Waals surface area contributed by atoms with Gasteiger partial charge in [-0.3, -0.25) is 0 Å². The number of amides is 2. The lowest BCUT2D eigenvalue weighted by atomic mass is 10.0. The van der Waals surface area contributed by atoms with Crippen LogP contribution in [0.4, 0.5) is 9.18 Å². The van der Waals surface area contributed by atoms with Crippen LogP contribution in [0.1, 0.15) is 24.9 Å². The van der Waals surface area contributed by atoms with Crippen molar-refractivity contribution in [3.8, 4) is 0 Å². The van der Waals surface area contributed by atoms with Gasteiger partial charge in [0, 0.05) is 17.3 Å². The highest BCUT2D eigenvalue weighted by molar-refractivity contribution is 7.99. The van der Waals surface area contributed by atoms with Crippen molar-refractivity contribution in [3.05, 3.63) is 34.6 Å². The zero-order valence-electron chi connectivity index (χ0n) is 11.7. The van der Waals surface area contributed by atoms with Crippen LogP contribution in [-0.4, -0.2) is 34.8 Å². The van der Waals surface area contributed by atoms with Crippen molar-refractivity contribution < 1.29 is 14.3 Å². The summed E-state index contributed by atoms with van der Waals surface area (Å²) in [6.07, 6.45) is 0.678. The van der Waals surface area contributed by atoms with Gasteiger partial charge in [0.2, 0.25) is 0 Å². The van der Waals surface area contributed by atoms with Gasteiger partial charge < -0.3 is 15.7 Å². The molecule has 1 aliphatic heterocycles. The van der Waals surface area contributed by atoms with Gasteiger partial charge >= 0.3 is 6.03 Å². The van der Waals surface area contributed by atoms with E-state index in [4.69, 9.17) is 11.6 Å². The Morgan fingerprint density at radius 3 is 3.00 bits per heavy atom. The lowest BCUT2D eigenvalue weighted by molar-refractivity contribution is 0.0699. The fourth-order valence-electron chi connectivity index (χ4n) is 2.16. The number of carbonyl (C=O) groups excluding carboxylic acids is 1. The van der Waals surface area contributed by atoms with Gasteiger partial charge in [0.25, 0.3) is 0 Å². The molecule has 0 unspecified atom stereocenters. The number of urea groups is 1. The number of thioether (sulfide) groups is 1. The summed E-state index contributed by atoms with van der Waals surface area (Å²) in [7, 11) is 0. The highest BCUT2D eigenvalue weighted by Crippen LogP contribution is 2.27. The molecule has 3 N–H and O–H groups in total. The van der Waals surface area contributed by atoms with E-state index >= 15 is 0 Å². The summed E-state index contributed by atoms with van der Waals surface area (Å²) in [6.45, 7) is 1.98. The second-order valence-electron chi connectivity index (χ2n) is 5.24. The van der Waals surface area contributed by atoms with Gasteiger partial charge in [-0.1, -0.05) is 17.7 Å². The van der Waals surface area contributed by atoms with Gasteiger partial charge in [0.1, 0.15) is 5.82 Å². The number of benzene rings is 1. The van der Waals surface area contributed by atoms with Gasteiger partial charge in [0.05, 0.1) is 11.6 Å². The van der Waals surface area contributed by atoms with Crippen molar-refractivity contribution in [2.24, 2.45) is 0 Å². The van der Waals surface area contributed by atoms with Crippen molar-refractivity contribution >= 4 is 29.4 Å². The molecule has 0 spiro atoms. The van der Waals surface area contributed by atoms with Crippen molar-refractivity contribution in [3.63, 3.8) is 0 Å². The average molecular weight is 333 g/mol. The molecule has 0 aliphatic carbocycles. The molecule has 4 nitrogen and oxygen atoms in total. The molecule has 1 saturated heterocycles. The van der Waals surface area contributed by atoms with Crippen molar-refractivity contribution in [1.82, 2.24) is 10.6 Å². The van der Waals surface area contributed by atoms with E-state index in [1.54, 1.807) is 24.8 Å². The minimum atomic E-state index is -0.821. The maximum absolute atomic E-state index is 13.0. The van der Waals surface area contributed by atoms with Crippen LogP contribution >= 0.6 is 23.4 Å². The van der Waals surface area contributed by atoms with Crippen molar-refractivity contribution in [2.45, 2.75) is 25.0 Å². The van der Waals surface area contributed by atoms with Gasteiger partial charge in [-0.05, 0) is 36.8 Å². The highest BCUT2D eigenvalue weighted by Gasteiger charge is 2.32. The standard InChI is InChI=1S/C14H18ClFN2O2S/c1-9(11-3-2-10(16)6-12(11)15)18-13(19)17-7-14(20)4-5-21-8-14/h2-3,6,9,20H,4-5,7-8H2,1H3,(H2,17,18,19)/t9-,14-/m0/s1. The first-order chi connectivity index (χ1) is 9.89. The van der Waals surface area contributed by atoms with Gasteiger partial charge in [-0.2, -0.15) is 11.8 Å². The molecule has 2 atom stereocenters. The normalized spacial score (nSPS) is 22.9. The number of carbonyl (C=O) groups is 1. The largest absolute Gasteiger partial charge is 0.387 e. The van der Waals surface area contributed by atoms with Crippen LogP contribution in [0.2, 0.25) is 5.02 Å². The van der Waals surface area contributed by atoms with Crippen LogP contribution in [0, 0.1) is 5.82 Å². The van der Waals surface area contributed by atoms with Crippen LogP contribution in [-0.2, 0) is 0 Å². The van der Waals surface area contributed by atoms with Crippen LogP contribution in [0.15, 0.2) is 18.2 Å². The molecule has 1 fully saturated rings. The molecule has 0 radical (unpaired) electrons. The quantitative estimate of drug-likeness (QED) is 0.794. The fraction of sp³-hybridized carbons (Fsp3) is 0.500. The summed E-state index contributed by atoms with van der Waals surface area (Å²) in [6, 6.07) is 3.32. The van der Waals surface area contributed by atoms with Gasteiger partial charge in [-0.15, -0.1) is 0 Å². The zero-order valence-corrected chi connectivity index (χ0v) is 13.2. The topological polar surface area (TPSA) is 61.4 Å². The molecule has 1 aliphatic rings. The third-order valence-electron chi connectivity index (χ3n) is 3.44. The molecule has 1 heterocycles. The molecule has 21 heavy (non-hydrogen) atoms. The summed E-state index contributed by atoms with van der Waals surface area (Å²) in [5.74, 6) is 1.12. The number of hydrogen-bond acceptors (Lipinski definition) is 3. The van der Waals surface area contributed by atoms with Crippen LogP contribution in [0.3, 0.4) is 0 Å². The number of aliphatic hydroxyl groups is 1. The third kappa shape index (κ3) is 4.49. The lowest BCUT2D eigenvalue weighted by Gasteiger charge is -2.23. The molecule has 0 saturated carbocycles. The van der Waals surface area contributed by atoms with Crippen LogP contribution < -0.4 is 10.6 Å². The van der Waals surface area contributed by atoms with E-state index in [0.717, 1.165) is 5.75 Å². The third-order valence-corrected chi connectivity index (χ3v) is 5.00. The van der Waals surface area contributed by atoms with E-state index in [-0.39, 0.29) is 23.6 Å². The molecule has 1 aromatic rings. The number of hydrogen-bond donors (Lipinski definition) is 3. The fourth-order valence-corrected chi connectivity index (χ4v) is 3.78. The Morgan fingerprint density at radius 2 is 2.38 bits per heavy atom. The zero-order chi connectivity index (χ0) is 15.5. The monoisotopic (exact) mass is 332 g/mol. The highest BCUT2D eigenvalue weighted by atomic mass is 35.5. The molecule has 7 heteroatoms. The maximum atomic E-state index is 13.0. The van der Waals surface area contributed by atoms with E-state index in [0.29, 0.717) is 17.7 Å². The molecule has 116 valence electrons. The van der Waals surface area contributed by atoms with Gasteiger partial charge in [-0.25, -0.2) is 9.18 Å². The Balaban J connectivity index is 1.87. The van der Waals surface area contributed by atoms with E-state index in [2.05, 4.69) is 10.6 Å². The maximum Gasteiger partial charge on any atom is 0.315 e. The summed E-state index contributed by atoms with van der Waals surface area (Å²) in [5, 5.41) is 15.8. The smallest absolute Gasteiger partial charge is 0.315 e. The Kier molecular flexibility index (Phi) is 5.35. The minimum Gasteiger partial charge on any atom is -0.387 e. The Bertz CT molecular complexity index is 524. The average Bonchev–Trinajstić information content (AvgIpc) is 2.84. The number of nitrogens with one attached hydrogen (secondary N) is 2. The summed E-state index contributed by atoms with van der Waals surface area (Å²) >= 11 is 7.63. The molecule has 1 aromatic carbocycles. The first-order valence-corrected chi connectivity index (χ1v) is 8.22. The molecular formula is C14H18ClFN2O2S. The first kappa shape index (κ1) is 16.4. The Labute approximate surface area is 132 Å². The summed E-state index contributed by atoms with van der Waals surface area (Å²) in [4.78, 5) is 11.8. The molecule has 0 bridgehead atoms. The van der Waals surface area contributed by atoms with Gasteiger partial charge in [0.15, 0.2) is 0 Å². The SMILES string of the molecule is C[C@H](NC(=O)NC[C@@]1(O)CCSC1)c1ccc(F)cc1Cl. The second-order valence-corrected chi connectivity index (χ2v) is 6.75. The van der Waals surface area contributed by atoms with Crippen LogP contribution in [0.25, 0.3) is 0 Å². The van der Waals surface area contributed by atoms with Crippen LogP contribution in [0.5, 0.6) is 0 Å². The molecule has 2 amide bonds. The first-order valence-electron chi connectivity index (χ1n) is 6.69. The molecular weight excluding hydrogens is 315 g/mol. The summed E-state index contributed by atoms with van der Waals surface area (Å²) < 4.78 is 13.0. The Hall–Kier alpha value is -0.980. The van der Waals surface area contributed by atoms with Crippen molar-refractivity contribution in [2.75, 3.05) is 18.1 Å².